The monoisotopic (exact) mass is 277 g/mol. The maximum absolute atomic E-state index is 10.9. The highest BCUT2D eigenvalue weighted by atomic mass is 16.4. The van der Waals surface area contributed by atoms with Gasteiger partial charge in [-0.1, -0.05) is 23.8 Å². The van der Waals surface area contributed by atoms with E-state index >= 15 is 0 Å². The molecule has 0 radical (unpaired) electrons. The van der Waals surface area contributed by atoms with E-state index in [1.54, 1.807) is 0 Å². The molecule has 1 atom stereocenters. The Labute approximate surface area is 122 Å². The van der Waals surface area contributed by atoms with Crippen LogP contribution in [0.3, 0.4) is 0 Å². The number of carbonyl (C=O) groups is 1. The quantitative estimate of drug-likeness (QED) is 0.886. The van der Waals surface area contributed by atoms with E-state index in [4.69, 9.17) is 5.11 Å². The molecule has 0 bridgehead atoms. The fourth-order valence-electron chi connectivity index (χ4n) is 2.70. The second kappa shape index (κ2) is 6.40. The number of aryl methyl sites for hydroxylation is 2. The number of carboxylic acids is 1. The second-order valence-electron chi connectivity index (χ2n) is 6.54. The summed E-state index contributed by atoms with van der Waals surface area (Å²) in [7, 11) is 0. The summed E-state index contributed by atoms with van der Waals surface area (Å²) in [6.45, 7) is 13.3. The van der Waals surface area contributed by atoms with Gasteiger partial charge in [0.2, 0.25) is 0 Å². The highest BCUT2D eigenvalue weighted by Crippen LogP contribution is 2.30. The van der Waals surface area contributed by atoms with Crippen LogP contribution in [-0.4, -0.2) is 28.1 Å². The van der Waals surface area contributed by atoms with Crippen molar-refractivity contribution in [1.82, 2.24) is 4.90 Å². The van der Waals surface area contributed by atoms with Crippen molar-refractivity contribution in [3.05, 3.63) is 34.9 Å². The molecule has 0 saturated heterocycles. The zero-order valence-corrected chi connectivity index (χ0v) is 13.5. The third kappa shape index (κ3) is 4.34. The lowest BCUT2D eigenvalue weighted by molar-refractivity contribution is -0.137. The van der Waals surface area contributed by atoms with Gasteiger partial charge in [0.1, 0.15) is 0 Å². The molecule has 3 heteroatoms. The number of rotatable bonds is 5. The molecule has 1 N–H and O–H groups in total. The first-order valence-electron chi connectivity index (χ1n) is 7.18. The zero-order chi connectivity index (χ0) is 15.5. The fraction of sp³-hybridized carbons (Fsp3) is 0.588. The first-order chi connectivity index (χ1) is 9.12. The van der Waals surface area contributed by atoms with Gasteiger partial charge in [0.15, 0.2) is 0 Å². The van der Waals surface area contributed by atoms with Gasteiger partial charge in [0.05, 0.1) is 6.42 Å². The Morgan fingerprint density at radius 2 is 1.90 bits per heavy atom. The van der Waals surface area contributed by atoms with Crippen LogP contribution in [-0.2, 0) is 4.79 Å². The summed E-state index contributed by atoms with van der Waals surface area (Å²) in [4.78, 5) is 13.2. The largest absolute Gasteiger partial charge is 0.481 e. The van der Waals surface area contributed by atoms with Gasteiger partial charge in [0, 0.05) is 18.1 Å². The molecule has 20 heavy (non-hydrogen) atoms. The van der Waals surface area contributed by atoms with E-state index in [1.165, 1.54) is 16.7 Å². The Hall–Kier alpha value is -1.35. The fourth-order valence-corrected chi connectivity index (χ4v) is 2.70. The molecule has 1 aromatic carbocycles. The lowest BCUT2D eigenvalue weighted by Gasteiger charge is -2.41. The molecule has 0 aromatic heterocycles. The smallest absolute Gasteiger partial charge is 0.304 e. The van der Waals surface area contributed by atoms with E-state index in [-0.39, 0.29) is 18.0 Å². The topological polar surface area (TPSA) is 40.5 Å². The van der Waals surface area contributed by atoms with Crippen LogP contribution in [0.25, 0.3) is 0 Å². The number of hydrogen-bond acceptors (Lipinski definition) is 2. The van der Waals surface area contributed by atoms with Gasteiger partial charge in [-0.2, -0.15) is 0 Å². The van der Waals surface area contributed by atoms with Gasteiger partial charge in [-0.15, -0.1) is 0 Å². The average molecular weight is 277 g/mol. The summed E-state index contributed by atoms with van der Waals surface area (Å²) in [5.74, 6) is -0.743. The lowest BCUT2D eigenvalue weighted by Crippen LogP contribution is -2.44. The molecule has 112 valence electrons. The molecule has 0 aliphatic carbocycles. The first-order valence-corrected chi connectivity index (χ1v) is 7.18. The highest BCUT2D eigenvalue weighted by molar-refractivity contribution is 5.66. The van der Waals surface area contributed by atoms with Crippen molar-refractivity contribution in [2.75, 3.05) is 6.54 Å². The lowest BCUT2D eigenvalue weighted by atomic mass is 9.94. The van der Waals surface area contributed by atoms with Crippen molar-refractivity contribution in [3.63, 3.8) is 0 Å². The van der Waals surface area contributed by atoms with Gasteiger partial charge in [0.25, 0.3) is 0 Å². The molecular formula is C17H27NO2. The molecule has 0 aliphatic rings. The van der Waals surface area contributed by atoms with Crippen LogP contribution in [0.5, 0.6) is 0 Å². The van der Waals surface area contributed by atoms with E-state index < -0.39 is 5.97 Å². The molecule has 0 spiro atoms. The maximum Gasteiger partial charge on any atom is 0.304 e. The Morgan fingerprint density at radius 3 is 2.40 bits per heavy atom. The third-order valence-corrected chi connectivity index (χ3v) is 3.78. The first kappa shape index (κ1) is 16.7. The number of carboxylic acid groups (broad SMARTS) is 1. The van der Waals surface area contributed by atoms with Gasteiger partial charge >= 0.3 is 5.97 Å². The van der Waals surface area contributed by atoms with Crippen molar-refractivity contribution in [3.8, 4) is 0 Å². The summed E-state index contributed by atoms with van der Waals surface area (Å²) in [6.07, 6.45) is 0.173. The highest BCUT2D eigenvalue weighted by Gasteiger charge is 2.28. The van der Waals surface area contributed by atoms with Gasteiger partial charge in [-0.25, -0.2) is 0 Å². The number of benzene rings is 1. The number of nitrogens with zero attached hydrogens (tertiary/aromatic N) is 1. The minimum Gasteiger partial charge on any atom is -0.481 e. The summed E-state index contributed by atoms with van der Waals surface area (Å²) in [5.41, 5.74) is 3.72. The van der Waals surface area contributed by atoms with Crippen LogP contribution in [0.1, 0.15) is 56.8 Å². The van der Waals surface area contributed by atoms with Crippen LogP contribution >= 0.6 is 0 Å². The van der Waals surface area contributed by atoms with E-state index in [9.17, 15) is 4.79 Å². The Bertz CT molecular complexity index is 474. The Morgan fingerprint density at radius 1 is 1.30 bits per heavy atom. The maximum atomic E-state index is 10.9. The second-order valence-corrected chi connectivity index (χ2v) is 6.54. The molecule has 0 aliphatic heterocycles. The van der Waals surface area contributed by atoms with E-state index in [1.807, 2.05) is 0 Å². The predicted octanol–water partition coefficient (Wildman–Crippen LogP) is 3.94. The van der Waals surface area contributed by atoms with E-state index in [2.05, 4.69) is 64.6 Å². The summed E-state index contributed by atoms with van der Waals surface area (Å²) in [5, 5.41) is 8.95. The predicted molar refractivity (Wildman–Crippen MR) is 83.0 cm³/mol. The minimum absolute atomic E-state index is 0.0644. The standard InChI is InChI=1S/C17H27NO2/c1-12-7-8-13(2)15(11-12)14(3)18(17(4,5)6)10-9-16(19)20/h7-8,11,14H,9-10H2,1-6H3,(H,19,20). The summed E-state index contributed by atoms with van der Waals surface area (Å²) >= 11 is 0. The van der Waals surface area contributed by atoms with Crippen molar-refractivity contribution in [2.24, 2.45) is 0 Å². The molecule has 1 rings (SSSR count). The van der Waals surface area contributed by atoms with Crippen LogP contribution in [0.2, 0.25) is 0 Å². The van der Waals surface area contributed by atoms with E-state index in [0.29, 0.717) is 6.54 Å². The van der Waals surface area contributed by atoms with Crippen molar-refractivity contribution < 1.29 is 9.90 Å². The van der Waals surface area contributed by atoms with Gasteiger partial charge in [-0.3, -0.25) is 9.69 Å². The third-order valence-electron chi connectivity index (χ3n) is 3.78. The van der Waals surface area contributed by atoms with Gasteiger partial charge in [-0.05, 0) is 52.7 Å². The van der Waals surface area contributed by atoms with Crippen LogP contribution in [0.4, 0.5) is 0 Å². The molecular weight excluding hydrogens is 250 g/mol. The molecule has 0 saturated carbocycles. The Kier molecular flexibility index (Phi) is 5.35. The average Bonchev–Trinajstić information content (AvgIpc) is 2.30. The molecule has 3 nitrogen and oxygen atoms in total. The zero-order valence-electron chi connectivity index (χ0n) is 13.5. The van der Waals surface area contributed by atoms with E-state index in [0.717, 1.165) is 0 Å². The molecule has 1 aromatic rings. The van der Waals surface area contributed by atoms with Crippen molar-refractivity contribution in [1.29, 1.82) is 0 Å². The molecule has 1 unspecified atom stereocenters. The van der Waals surface area contributed by atoms with Crippen molar-refractivity contribution >= 4 is 5.97 Å². The molecule has 0 fully saturated rings. The summed E-state index contributed by atoms with van der Waals surface area (Å²) < 4.78 is 0. The molecule has 0 amide bonds. The van der Waals surface area contributed by atoms with Crippen molar-refractivity contribution in [2.45, 2.75) is 59.5 Å². The Balaban J connectivity index is 3.06. The SMILES string of the molecule is Cc1ccc(C)c(C(C)N(CCC(=O)O)C(C)(C)C)c1. The molecule has 0 heterocycles. The van der Waals surface area contributed by atoms with Gasteiger partial charge < -0.3 is 5.11 Å². The van der Waals surface area contributed by atoms with Crippen LogP contribution in [0.15, 0.2) is 18.2 Å². The van der Waals surface area contributed by atoms with Crippen LogP contribution in [0, 0.1) is 13.8 Å². The van der Waals surface area contributed by atoms with Crippen LogP contribution < -0.4 is 0 Å². The number of aliphatic carboxylic acids is 1. The number of hydrogen-bond donors (Lipinski definition) is 1. The normalized spacial score (nSPS) is 13.6. The summed E-state index contributed by atoms with van der Waals surface area (Å²) in [6, 6.07) is 6.66. The minimum atomic E-state index is -0.743.